The number of aromatic amines is 1. The molecule has 0 saturated carbocycles. The molecule has 1 aromatic carbocycles. The summed E-state index contributed by atoms with van der Waals surface area (Å²) < 4.78 is 9.50. The monoisotopic (exact) mass is 464 g/mol. The molecule has 33 heavy (non-hydrogen) atoms. The number of benzene rings is 1. The lowest BCUT2D eigenvalue weighted by atomic mass is 9.88. The third-order valence-electron chi connectivity index (χ3n) is 4.47. The van der Waals surface area contributed by atoms with Crippen molar-refractivity contribution in [3.05, 3.63) is 30.1 Å². The molecule has 0 spiro atoms. The van der Waals surface area contributed by atoms with E-state index in [1.165, 1.54) is 0 Å². The van der Waals surface area contributed by atoms with Gasteiger partial charge < -0.3 is 16.0 Å². The number of aromatic nitrogens is 2. The van der Waals surface area contributed by atoms with E-state index in [9.17, 15) is 23.6 Å². The Hall–Kier alpha value is -3.50. The third-order valence-corrected chi connectivity index (χ3v) is 4.47. The molecular formula is C22H33FN6O4. The lowest BCUT2D eigenvalue weighted by Gasteiger charge is -2.29. The summed E-state index contributed by atoms with van der Waals surface area (Å²) in [5, 5.41) is 3.77. The fourth-order valence-electron chi connectivity index (χ4n) is 2.98. The second kappa shape index (κ2) is 12.5. The number of hydrazine groups is 1. The van der Waals surface area contributed by atoms with E-state index in [0.29, 0.717) is 24.6 Å². The number of primary amides is 1. The number of nitrogens with two attached hydrogens (primary N) is 1. The van der Waals surface area contributed by atoms with Gasteiger partial charge in [-0.3, -0.25) is 34.0 Å². The van der Waals surface area contributed by atoms with E-state index in [1.807, 2.05) is 32.9 Å². The van der Waals surface area contributed by atoms with Crippen molar-refractivity contribution in [2.24, 2.45) is 11.1 Å². The summed E-state index contributed by atoms with van der Waals surface area (Å²) in [6, 6.07) is 6.28. The number of carbonyl (C=O) groups is 4. The van der Waals surface area contributed by atoms with E-state index in [0.717, 1.165) is 5.01 Å². The summed E-state index contributed by atoms with van der Waals surface area (Å²) in [5.74, 6) is -1.97. The minimum atomic E-state index is -0.929. The highest BCUT2D eigenvalue weighted by molar-refractivity contribution is 5.97. The largest absolute Gasteiger partial charge is 0.370 e. The maximum atomic E-state index is 13.0. The van der Waals surface area contributed by atoms with Crippen LogP contribution in [0.2, 0.25) is 0 Å². The zero-order chi connectivity index (χ0) is 25.2. The Morgan fingerprint density at radius 1 is 1.18 bits per heavy atom. The zero-order valence-corrected chi connectivity index (χ0v) is 19.7. The Bertz CT molecular complexity index is 936. The van der Waals surface area contributed by atoms with Gasteiger partial charge in [-0.05, 0) is 24.0 Å². The summed E-state index contributed by atoms with van der Waals surface area (Å²) in [5.41, 5.74) is 8.73. The van der Waals surface area contributed by atoms with Crippen LogP contribution in [0, 0.1) is 5.41 Å². The summed E-state index contributed by atoms with van der Waals surface area (Å²) >= 11 is 0. The van der Waals surface area contributed by atoms with Crippen molar-refractivity contribution in [1.82, 2.24) is 25.7 Å². The second-order valence-electron chi connectivity index (χ2n) is 8.48. The molecule has 1 atom stereocenters. The fraction of sp³-hybridized carbons (Fsp3) is 0.500. The number of halogens is 1. The standard InChI is InChI=1S/C21H30N6O4.CH3F/c1-5-17(29)27(11-10-16(22)28)26-19(30)15(12-21(2,3)4)25-20(31)18-23-13-8-6-7-9-14(13)24-18;1-2/h6-9,15H,5,10-12H2,1-4H3,(H2,22,28)(H,23,24)(H,25,31)(H,26,30);1H3/t15-;/m0./s1. The van der Waals surface area contributed by atoms with Gasteiger partial charge in [-0.15, -0.1) is 0 Å². The number of imidazole rings is 1. The topological polar surface area (TPSA) is 150 Å². The maximum Gasteiger partial charge on any atom is 0.287 e. The van der Waals surface area contributed by atoms with E-state index in [2.05, 4.69) is 20.7 Å². The molecule has 0 fully saturated rings. The quantitative estimate of drug-likeness (QED) is 0.440. The van der Waals surface area contributed by atoms with Gasteiger partial charge in [0.1, 0.15) is 6.04 Å². The summed E-state index contributed by atoms with van der Waals surface area (Å²) in [7, 11) is 0.500. The molecular weight excluding hydrogens is 431 g/mol. The first-order chi connectivity index (χ1) is 15.5. The predicted molar refractivity (Wildman–Crippen MR) is 122 cm³/mol. The summed E-state index contributed by atoms with van der Waals surface area (Å²) in [6.07, 6.45) is 0.352. The number of fused-ring (bicyclic) bond motifs is 1. The number of nitrogens with one attached hydrogen (secondary N) is 3. The molecule has 11 heteroatoms. The van der Waals surface area contributed by atoms with E-state index in [4.69, 9.17) is 5.73 Å². The molecule has 0 aliphatic heterocycles. The molecule has 5 N–H and O–H groups in total. The maximum absolute atomic E-state index is 13.0. The zero-order valence-electron chi connectivity index (χ0n) is 19.7. The average molecular weight is 465 g/mol. The molecule has 0 aliphatic rings. The van der Waals surface area contributed by atoms with Crippen LogP contribution in [-0.4, -0.2) is 58.4 Å². The Morgan fingerprint density at radius 3 is 2.36 bits per heavy atom. The Kier molecular flexibility index (Phi) is 10.4. The van der Waals surface area contributed by atoms with Crippen molar-refractivity contribution in [2.45, 2.75) is 53.0 Å². The van der Waals surface area contributed by atoms with Gasteiger partial charge in [-0.25, -0.2) is 4.98 Å². The minimum Gasteiger partial charge on any atom is -0.370 e. The van der Waals surface area contributed by atoms with Gasteiger partial charge in [0, 0.05) is 12.8 Å². The summed E-state index contributed by atoms with van der Waals surface area (Å²) in [4.78, 5) is 56.2. The van der Waals surface area contributed by atoms with Crippen LogP contribution in [0.25, 0.3) is 11.0 Å². The number of hydrogen-bond donors (Lipinski definition) is 4. The number of H-pyrrole nitrogens is 1. The van der Waals surface area contributed by atoms with E-state index >= 15 is 0 Å². The molecule has 0 saturated heterocycles. The highest BCUT2D eigenvalue weighted by Crippen LogP contribution is 2.21. The van der Waals surface area contributed by atoms with Gasteiger partial charge in [-0.2, -0.15) is 0 Å². The fourth-order valence-corrected chi connectivity index (χ4v) is 2.98. The highest BCUT2D eigenvalue weighted by Gasteiger charge is 2.29. The second-order valence-corrected chi connectivity index (χ2v) is 8.48. The van der Waals surface area contributed by atoms with E-state index in [-0.39, 0.29) is 36.5 Å². The van der Waals surface area contributed by atoms with Crippen LogP contribution < -0.4 is 16.5 Å². The lowest BCUT2D eigenvalue weighted by molar-refractivity contribution is -0.142. The van der Waals surface area contributed by atoms with Gasteiger partial charge in [0.15, 0.2) is 5.82 Å². The van der Waals surface area contributed by atoms with Crippen LogP contribution in [0.5, 0.6) is 0 Å². The molecule has 1 heterocycles. The number of hydrogen-bond acceptors (Lipinski definition) is 5. The van der Waals surface area contributed by atoms with Crippen molar-refractivity contribution >= 4 is 34.7 Å². The Morgan fingerprint density at radius 2 is 1.82 bits per heavy atom. The van der Waals surface area contributed by atoms with Crippen molar-refractivity contribution < 1.29 is 23.6 Å². The first kappa shape index (κ1) is 27.5. The van der Waals surface area contributed by atoms with E-state index in [1.54, 1.807) is 19.1 Å². The van der Waals surface area contributed by atoms with Crippen LogP contribution in [-0.2, 0) is 14.4 Å². The molecule has 0 radical (unpaired) electrons. The normalized spacial score (nSPS) is 11.7. The number of rotatable bonds is 8. The third kappa shape index (κ3) is 8.87. The van der Waals surface area contributed by atoms with Gasteiger partial charge in [0.05, 0.1) is 24.8 Å². The van der Waals surface area contributed by atoms with Crippen LogP contribution in [0.15, 0.2) is 24.3 Å². The van der Waals surface area contributed by atoms with Gasteiger partial charge in [0.25, 0.3) is 11.8 Å². The highest BCUT2D eigenvalue weighted by atomic mass is 19.1. The van der Waals surface area contributed by atoms with Crippen LogP contribution in [0.4, 0.5) is 4.39 Å². The number of nitrogens with zero attached hydrogens (tertiary/aromatic N) is 2. The van der Waals surface area contributed by atoms with Crippen molar-refractivity contribution in [2.75, 3.05) is 13.7 Å². The lowest BCUT2D eigenvalue weighted by Crippen LogP contribution is -2.55. The van der Waals surface area contributed by atoms with Crippen molar-refractivity contribution in [3.63, 3.8) is 0 Å². The molecule has 0 unspecified atom stereocenters. The Labute approximate surface area is 192 Å². The predicted octanol–water partition coefficient (Wildman–Crippen LogP) is 1.83. The van der Waals surface area contributed by atoms with Crippen molar-refractivity contribution in [1.29, 1.82) is 0 Å². The number of para-hydroxylation sites is 2. The molecule has 1 aromatic heterocycles. The Balaban J connectivity index is 0.00000265. The number of amides is 4. The van der Waals surface area contributed by atoms with Crippen LogP contribution in [0.1, 0.15) is 57.6 Å². The van der Waals surface area contributed by atoms with Gasteiger partial charge in [0.2, 0.25) is 11.8 Å². The van der Waals surface area contributed by atoms with Gasteiger partial charge >= 0.3 is 0 Å². The molecule has 0 bridgehead atoms. The van der Waals surface area contributed by atoms with E-state index < -0.39 is 23.8 Å². The average Bonchev–Trinajstić information content (AvgIpc) is 3.20. The van der Waals surface area contributed by atoms with Gasteiger partial charge in [-0.1, -0.05) is 39.8 Å². The molecule has 0 aliphatic carbocycles. The molecule has 4 amide bonds. The summed E-state index contributed by atoms with van der Waals surface area (Å²) in [6.45, 7) is 7.39. The molecule has 182 valence electrons. The van der Waals surface area contributed by atoms with Crippen LogP contribution in [0.3, 0.4) is 0 Å². The first-order valence-corrected chi connectivity index (χ1v) is 10.5. The molecule has 2 aromatic rings. The first-order valence-electron chi connectivity index (χ1n) is 10.5. The molecule has 10 nitrogen and oxygen atoms in total. The smallest absolute Gasteiger partial charge is 0.287 e. The van der Waals surface area contributed by atoms with Crippen molar-refractivity contribution in [3.8, 4) is 0 Å². The molecule has 2 rings (SSSR count). The van der Waals surface area contributed by atoms with Crippen LogP contribution >= 0.6 is 0 Å². The SMILES string of the molecule is CCC(=O)N(CCC(N)=O)NC(=O)[C@H](CC(C)(C)C)NC(=O)c1nc2ccccc2[nH]1.CF. The number of alkyl halides is 1. The number of carbonyl (C=O) groups excluding carboxylic acids is 4. The minimum absolute atomic E-state index is 0.0481.